The highest BCUT2D eigenvalue weighted by Gasteiger charge is 2.51. The molecule has 1 atom stereocenters. The Labute approximate surface area is 236 Å². The Hall–Kier alpha value is -3.40. The van der Waals surface area contributed by atoms with E-state index in [9.17, 15) is 9.59 Å². The van der Waals surface area contributed by atoms with Crippen LogP contribution in [0.25, 0.3) is 11.1 Å². The number of hydrogen-bond acceptors (Lipinski definition) is 6. The predicted octanol–water partition coefficient (Wildman–Crippen LogP) is 3.81. The number of anilines is 1. The van der Waals surface area contributed by atoms with Crippen LogP contribution in [0.15, 0.2) is 71.3 Å². The van der Waals surface area contributed by atoms with Gasteiger partial charge in [0.15, 0.2) is 5.76 Å². The van der Waals surface area contributed by atoms with Crippen molar-refractivity contribution in [3.05, 3.63) is 72.7 Å². The van der Waals surface area contributed by atoms with Gasteiger partial charge in [-0.2, -0.15) is 0 Å². The molecule has 2 aromatic carbocycles. The standard InChI is InChI=1S/C31H36BN3O5/c1-30(2)31(3,4)40-32(39-30)24-8-5-7-23(19-24)22-10-12-25(13-11-22)35-21-26(20-28(35)36)33-14-16-34(17-15-33)29(37)27-9-6-18-38-27/h5-13,18-19,26H,14-17,20-21H2,1-4H3/t26-/m1/s1. The van der Waals surface area contributed by atoms with Crippen molar-refractivity contribution in [1.82, 2.24) is 9.80 Å². The van der Waals surface area contributed by atoms with E-state index in [0.717, 1.165) is 35.4 Å². The van der Waals surface area contributed by atoms with E-state index in [0.29, 0.717) is 31.8 Å². The lowest BCUT2D eigenvalue weighted by Crippen LogP contribution is -2.52. The van der Waals surface area contributed by atoms with E-state index in [2.05, 4.69) is 56.9 Å². The molecule has 0 unspecified atom stereocenters. The second-order valence-corrected chi connectivity index (χ2v) is 11.9. The number of furan rings is 1. The zero-order valence-electron chi connectivity index (χ0n) is 23.6. The van der Waals surface area contributed by atoms with Crippen LogP contribution in [0.2, 0.25) is 0 Å². The maximum atomic E-state index is 13.0. The van der Waals surface area contributed by atoms with Crippen molar-refractivity contribution in [2.75, 3.05) is 37.6 Å². The molecule has 1 aromatic heterocycles. The van der Waals surface area contributed by atoms with Crippen LogP contribution in [-0.4, -0.2) is 78.7 Å². The molecule has 208 valence electrons. The van der Waals surface area contributed by atoms with Gasteiger partial charge in [0.05, 0.1) is 17.5 Å². The Morgan fingerprint density at radius 1 is 0.875 bits per heavy atom. The minimum Gasteiger partial charge on any atom is -0.459 e. The van der Waals surface area contributed by atoms with E-state index in [1.807, 2.05) is 34.1 Å². The summed E-state index contributed by atoms with van der Waals surface area (Å²) >= 11 is 0. The molecular formula is C31H36BN3O5. The van der Waals surface area contributed by atoms with E-state index in [1.165, 1.54) is 6.26 Å². The highest BCUT2D eigenvalue weighted by atomic mass is 16.7. The number of carbonyl (C=O) groups is 2. The number of rotatable bonds is 5. The van der Waals surface area contributed by atoms with Gasteiger partial charge in [-0.3, -0.25) is 14.5 Å². The Morgan fingerprint density at radius 2 is 1.57 bits per heavy atom. The van der Waals surface area contributed by atoms with Gasteiger partial charge in [0.1, 0.15) is 0 Å². The first-order valence-electron chi connectivity index (χ1n) is 14.0. The third-order valence-corrected chi connectivity index (χ3v) is 8.88. The number of benzene rings is 2. The smallest absolute Gasteiger partial charge is 0.459 e. The van der Waals surface area contributed by atoms with Crippen LogP contribution in [0, 0.1) is 0 Å². The molecule has 9 heteroatoms. The molecule has 4 heterocycles. The Morgan fingerprint density at radius 3 is 2.23 bits per heavy atom. The molecule has 0 saturated carbocycles. The monoisotopic (exact) mass is 541 g/mol. The van der Waals surface area contributed by atoms with E-state index >= 15 is 0 Å². The third-order valence-electron chi connectivity index (χ3n) is 8.88. The third kappa shape index (κ3) is 4.98. The molecule has 3 fully saturated rings. The molecule has 0 bridgehead atoms. The average Bonchev–Trinajstić information content (AvgIpc) is 3.67. The zero-order chi connectivity index (χ0) is 28.1. The van der Waals surface area contributed by atoms with Gasteiger partial charge >= 0.3 is 7.12 Å². The molecule has 3 aromatic rings. The number of piperazine rings is 1. The molecule has 0 spiro atoms. The predicted molar refractivity (Wildman–Crippen MR) is 155 cm³/mol. The van der Waals surface area contributed by atoms with Crippen molar-refractivity contribution in [2.45, 2.75) is 51.4 Å². The van der Waals surface area contributed by atoms with Crippen molar-refractivity contribution in [3.8, 4) is 11.1 Å². The topological polar surface area (TPSA) is 75.5 Å². The lowest BCUT2D eigenvalue weighted by atomic mass is 9.78. The average molecular weight is 541 g/mol. The van der Waals surface area contributed by atoms with Crippen LogP contribution >= 0.6 is 0 Å². The Balaban J connectivity index is 1.09. The second-order valence-electron chi connectivity index (χ2n) is 11.9. The second kappa shape index (κ2) is 10.2. The molecule has 6 rings (SSSR count). The normalized spacial score (nSPS) is 22.8. The van der Waals surface area contributed by atoms with Crippen LogP contribution in [0.1, 0.15) is 44.7 Å². The Bertz CT molecular complexity index is 1360. The van der Waals surface area contributed by atoms with Crippen molar-refractivity contribution >= 4 is 30.1 Å². The van der Waals surface area contributed by atoms with Gasteiger partial charge < -0.3 is 23.5 Å². The quantitative estimate of drug-likeness (QED) is 0.458. The summed E-state index contributed by atoms with van der Waals surface area (Å²) in [4.78, 5) is 31.6. The summed E-state index contributed by atoms with van der Waals surface area (Å²) < 4.78 is 17.7. The maximum absolute atomic E-state index is 13.0. The van der Waals surface area contributed by atoms with Gasteiger partial charge in [0.25, 0.3) is 5.91 Å². The summed E-state index contributed by atoms with van der Waals surface area (Å²) in [6.07, 6.45) is 2.01. The molecule has 3 aliphatic heterocycles. The SMILES string of the molecule is CC1(C)OB(c2cccc(-c3ccc(N4C[C@H](N5CCN(C(=O)c6ccco6)CC5)CC4=O)cc3)c2)OC1(C)C. The van der Waals surface area contributed by atoms with Gasteiger partial charge in [-0.1, -0.05) is 36.4 Å². The summed E-state index contributed by atoms with van der Waals surface area (Å²) in [5.74, 6) is 0.434. The molecule has 8 nitrogen and oxygen atoms in total. The fourth-order valence-electron chi connectivity index (χ4n) is 5.71. The number of amides is 2. The van der Waals surface area contributed by atoms with Gasteiger partial charge in [0.2, 0.25) is 5.91 Å². The minimum absolute atomic E-state index is 0.0737. The Kier molecular flexibility index (Phi) is 6.85. The first kappa shape index (κ1) is 26.8. The lowest BCUT2D eigenvalue weighted by molar-refractivity contribution is -0.117. The number of carbonyl (C=O) groups excluding carboxylic acids is 2. The molecule has 3 aliphatic rings. The molecule has 0 N–H and O–H groups in total. The summed E-state index contributed by atoms with van der Waals surface area (Å²) in [7, 11) is -0.409. The fraction of sp³-hybridized carbons (Fsp3) is 0.419. The lowest BCUT2D eigenvalue weighted by Gasteiger charge is -2.37. The molecule has 0 aliphatic carbocycles. The van der Waals surface area contributed by atoms with Gasteiger partial charge in [-0.15, -0.1) is 0 Å². The highest BCUT2D eigenvalue weighted by molar-refractivity contribution is 6.62. The summed E-state index contributed by atoms with van der Waals surface area (Å²) in [5.41, 5.74) is 3.27. The van der Waals surface area contributed by atoms with Gasteiger partial charge in [0, 0.05) is 50.9 Å². The van der Waals surface area contributed by atoms with Crippen molar-refractivity contribution in [1.29, 1.82) is 0 Å². The summed E-state index contributed by atoms with van der Waals surface area (Å²) in [5, 5.41) is 0. The van der Waals surface area contributed by atoms with Gasteiger partial charge in [-0.05, 0) is 68.6 Å². The summed E-state index contributed by atoms with van der Waals surface area (Å²) in [6.45, 7) is 11.6. The minimum atomic E-state index is -0.409. The van der Waals surface area contributed by atoms with Crippen LogP contribution in [0.3, 0.4) is 0 Å². The van der Waals surface area contributed by atoms with E-state index in [4.69, 9.17) is 13.7 Å². The first-order chi connectivity index (χ1) is 19.1. The van der Waals surface area contributed by atoms with Crippen LogP contribution in [0.5, 0.6) is 0 Å². The maximum Gasteiger partial charge on any atom is 0.494 e. The zero-order valence-corrected chi connectivity index (χ0v) is 23.6. The molecule has 0 radical (unpaired) electrons. The van der Waals surface area contributed by atoms with Crippen LogP contribution < -0.4 is 10.4 Å². The van der Waals surface area contributed by atoms with Crippen LogP contribution in [0.4, 0.5) is 5.69 Å². The van der Waals surface area contributed by atoms with Crippen LogP contribution in [-0.2, 0) is 14.1 Å². The van der Waals surface area contributed by atoms with E-state index in [1.54, 1.807) is 12.1 Å². The van der Waals surface area contributed by atoms with E-state index in [-0.39, 0.29) is 29.1 Å². The summed E-state index contributed by atoms with van der Waals surface area (Å²) in [6, 6.07) is 20.0. The number of hydrogen-bond donors (Lipinski definition) is 0. The first-order valence-corrected chi connectivity index (χ1v) is 14.0. The molecule has 2 amide bonds. The molecule has 40 heavy (non-hydrogen) atoms. The highest BCUT2D eigenvalue weighted by Crippen LogP contribution is 2.37. The van der Waals surface area contributed by atoms with Crippen molar-refractivity contribution in [2.24, 2.45) is 0 Å². The largest absolute Gasteiger partial charge is 0.494 e. The fourth-order valence-corrected chi connectivity index (χ4v) is 5.71. The van der Waals surface area contributed by atoms with Crippen molar-refractivity contribution < 1.29 is 23.3 Å². The van der Waals surface area contributed by atoms with E-state index < -0.39 is 7.12 Å². The van der Waals surface area contributed by atoms with Crippen molar-refractivity contribution in [3.63, 3.8) is 0 Å². The molecular weight excluding hydrogens is 505 g/mol. The molecule has 3 saturated heterocycles. The number of nitrogens with zero attached hydrogens (tertiary/aromatic N) is 3. The van der Waals surface area contributed by atoms with Gasteiger partial charge in [-0.25, -0.2) is 0 Å².